The van der Waals surface area contributed by atoms with Gasteiger partial charge in [-0.1, -0.05) is 32.6 Å². The van der Waals surface area contributed by atoms with Gasteiger partial charge >= 0.3 is 0 Å². The van der Waals surface area contributed by atoms with Crippen LogP contribution in [0.5, 0.6) is 0 Å². The molecule has 102 valence electrons. The number of unbranched alkanes of at least 4 members (excludes halogenated alkanes) is 3. The molecule has 0 bridgehead atoms. The highest BCUT2D eigenvalue weighted by atomic mass is 16.5. The van der Waals surface area contributed by atoms with Crippen LogP contribution in [0.15, 0.2) is 0 Å². The Morgan fingerprint density at radius 3 is 2.76 bits per heavy atom. The summed E-state index contributed by atoms with van der Waals surface area (Å²) in [6.45, 7) is 5.03. The predicted molar refractivity (Wildman–Crippen MR) is 73.2 cm³/mol. The third kappa shape index (κ3) is 5.84. The lowest BCUT2D eigenvalue weighted by molar-refractivity contribution is 0.0672. The highest BCUT2D eigenvalue weighted by molar-refractivity contribution is 4.75. The molecule has 0 saturated carbocycles. The van der Waals surface area contributed by atoms with E-state index in [9.17, 15) is 0 Å². The van der Waals surface area contributed by atoms with Crippen molar-refractivity contribution in [2.75, 3.05) is 26.7 Å². The lowest BCUT2D eigenvalue weighted by Gasteiger charge is -2.29. The molecule has 0 radical (unpaired) electrons. The first-order valence-corrected chi connectivity index (χ1v) is 7.29. The predicted octanol–water partition coefficient (Wildman–Crippen LogP) is 2.39. The van der Waals surface area contributed by atoms with Crippen molar-refractivity contribution in [3.05, 3.63) is 0 Å². The van der Waals surface area contributed by atoms with Crippen LogP contribution in [0.25, 0.3) is 0 Å². The minimum atomic E-state index is 0.449. The average molecular weight is 242 g/mol. The second kappa shape index (κ2) is 8.90. The van der Waals surface area contributed by atoms with Crippen LogP contribution in [0.4, 0.5) is 0 Å². The van der Waals surface area contributed by atoms with Crippen molar-refractivity contribution in [1.82, 2.24) is 4.90 Å². The first-order chi connectivity index (χ1) is 8.27. The molecule has 0 aromatic heterocycles. The summed E-state index contributed by atoms with van der Waals surface area (Å²) in [6.07, 6.45) is 9.45. The highest BCUT2D eigenvalue weighted by Crippen LogP contribution is 2.15. The zero-order valence-electron chi connectivity index (χ0n) is 11.7. The lowest BCUT2D eigenvalue weighted by atomic mass is 10.1. The molecule has 1 aliphatic heterocycles. The van der Waals surface area contributed by atoms with Crippen molar-refractivity contribution < 1.29 is 4.74 Å². The molecule has 1 fully saturated rings. The first kappa shape index (κ1) is 14.9. The van der Waals surface area contributed by atoms with Gasteiger partial charge in [0, 0.05) is 25.7 Å². The van der Waals surface area contributed by atoms with Gasteiger partial charge in [-0.15, -0.1) is 0 Å². The zero-order chi connectivity index (χ0) is 12.5. The molecule has 1 saturated heterocycles. The van der Waals surface area contributed by atoms with E-state index >= 15 is 0 Å². The van der Waals surface area contributed by atoms with E-state index < -0.39 is 0 Å². The summed E-state index contributed by atoms with van der Waals surface area (Å²) in [5.74, 6) is 0. The van der Waals surface area contributed by atoms with Crippen LogP contribution in [0, 0.1) is 0 Å². The van der Waals surface area contributed by atoms with Gasteiger partial charge in [0.05, 0.1) is 6.10 Å². The summed E-state index contributed by atoms with van der Waals surface area (Å²) in [4.78, 5) is 2.40. The molecular weight excluding hydrogens is 212 g/mol. The molecule has 0 aliphatic carbocycles. The minimum Gasteiger partial charge on any atom is -0.377 e. The molecule has 17 heavy (non-hydrogen) atoms. The van der Waals surface area contributed by atoms with Crippen molar-refractivity contribution >= 4 is 0 Å². The van der Waals surface area contributed by atoms with Gasteiger partial charge in [-0.05, 0) is 26.3 Å². The minimum absolute atomic E-state index is 0.449. The molecular formula is C14H30N2O. The fourth-order valence-electron chi connectivity index (χ4n) is 2.58. The maximum Gasteiger partial charge on any atom is 0.0702 e. The molecule has 0 aromatic carbocycles. The van der Waals surface area contributed by atoms with Crippen molar-refractivity contribution in [1.29, 1.82) is 0 Å². The van der Waals surface area contributed by atoms with E-state index in [-0.39, 0.29) is 0 Å². The second-order valence-corrected chi connectivity index (χ2v) is 5.31. The van der Waals surface area contributed by atoms with Gasteiger partial charge in [0.15, 0.2) is 0 Å². The number of ether oxygens (including phenoxy) is 1. The lowest BCUT2D eigenvalue weighted by Crippen LogP contribution is -2.41. The Labute approximate surface area is 107 Å². The standard InChI is InChI=1S/C14H30N2O/c1-3-4-5-6-8-13(11-15)16(2)12-14-9-7-10-17-14/h13-14H,3-12,15H2,1-2H3. The van der Waals surface area contributed by atoms with Crippen molar-refractivity contribution in [3.8, 4) is 0 Å². The fraction of sp³-hybridized carbons (Fsp3) is 1.00. The first-order valence-electron chi connectivity index (χ1n) is 7.29. The molecule has 1 heterocycles. The average Bonchev–Trinajstić information content (AvgIpc) is 2.82. The van der Waals surface area contributed by atoms with E-state index in [0.717, 1.165) is 19.7 Å². The van der Waals surface area contributed by atoms with E-state index in [4.69, 9.17) is 10.5 Å². The number of rotatable bonds is 9. The summed E-state index contributed by atoms with van der Waals surface area (Å²) in [5, 5.41) is 0. The van der Waals surface area contributed by atoms with Gasteiger partial charge in [-0.3, -0.25) is 4.90 Å². The third-order valence-electron chi connectivity index (χ3n) is 3.80. The molecule has 1 aliphatic rings. The van der Waals surface area contributed by atoms with Crippen molar-refractivity contribution in [3.63, 3.8) is 0 Å². The topological polar surface area (TPSA) is 38.5 Å². The molecule has 0 spiro atoms. The van der Waals surface area contributed by atoms with E-state index in [1.807, 2.05) is 0 Å². The summed E-state index contributed by atoms with van der Waals surface area (Å²) >= 11 is 0. The van der Waals surface area contributed by atoms with E-state index in [0.29, 0.717) is 12.1 Å². The SMILES string of the molecule is CCCCCCC(CN)N(C)CC1CCCO1. The van der Waals surface area contributed by atoms with Gasteiger partial charge in [-0.25, -0.2) is 0 Å². The van der Waals surface area contributed by atoms with Gasteiger partial charge < -0.3 is 10.5 Å². The van der Waals surface area contributed by atoms with Crippen molar-refractivity contribution in [2.45, 2.75) is 64.0 Å². The summed E-state index contributed by atoms with van der Waals surface area (Å²) < 4.78 is 5.68. The van der Waals surface area contributed by atoms with Crippen LogP contribution in [-0.2, 0) is 4.74 Å². The molecule has 0 aromatic rings. The molecule has 3 nitrogen and oxygen atoms in total. The maximum atomic E-state index is 5.88. The largest absolute Gasteiger partial charge is 0.377 e. The summed E-state index contributed by atoms with van der Waals surface area (Å²) in [6, 6.07) is 0.538. The fourth-order valence-corrected chi connectivity index (χ4v) is 2.58. The molecule has 0 amide bonds. The Morgan fingerprint density at radius 2 is 2.18 bits per heavy atom. The number of nitrogens with two attached hydrogens (primary N) is 1. The van der Waals surface area contributed by atoms with E-state index in [1.165, 1.54) is 44.9 Å². The monoisotopic (exact) mass is 242 g/mol. The third-order valence-corrected chi connectivity index (χ3v) is 3.80. The summed E-state index contributed by atoms with van der Waals surface area (Å²) in [5.41, 5.74) is 5.88. The van der Waals surface area contributed by atoms with Crippen LogP contribution in [0.3, 0.4) is 0 Å². The Balaban J connectivity index is 2.17. The number of hydrogen-bond acceptors (Lipinski definition) is 3. The van der Waals surface area contributed by atoms with Crippen LogP contribution >= 0.6 is 0 Å². The van der Waals surface area contributed by atoms with Crippen LogP contribution in [0.1, 0.15) is 51.9 Å². The van der Waals surface area contributed by atoms with E-state index in [2.05, 4.69) is 18.9 Å². The summed E-state index contributed by atoms with van der Waals surface area (Å²) in [7, 11) is 2.19. The Bertz CT molecular complexity index is 181. The molecule has 2 atom stereocenters. The quantitative estimate of drug-likeness (QED) is 0.631. The van der Waals surface area contributed by atoms with Gasteiger partial charge in [0.1, 0.15) is 0 Å². The van der Waals surface area contributed by atoms with Gasteiger partial charge in [-0.2, -0.15) is 0 Å². The van der Waals surface area contributed by atoms with Crippen LogP contribution in [0.2, 0.25) is 0 Å². The van der Waals surface area contributed by atoms with Gasteiger partial charge in [0.2, 0.25) is 0 Å². The Morgan fingerprint density at radius 1 is 1.35 bits per heavy atom. The highest BCUT2D eigenvalue weighted by Gasteiger charge is 2.20. The molecule has 2 N–H and O–H groups in total. The normalized spacial score (nSPS) is 22.2. The molecule has 3 heteroatoms. The number of nitrogens with zero attached hydrogens (tertiary/aromatic N) is 1. The van der Waals surface area contributed by atoms with Crippen molar-refractivity contribution in [2.24, 2.45) is 5.73 Å². The molecule has 2 unspecified atom stereocenters. The Hall–Kier alpha value is -0.120. The van der Waals surface area contributed by atoms with E-state index in [1.54, 1.807) is 0 Å². The number of hydrogen-bond donors (Lipinski definition) is 1. The van der Waals surface area contributed by atoms with Gasteiger partial charge in [0.25, 0.3) is 0 Å². The zero-order valence-corrected chi connectivity index (χ0v) is 11.7. The second-order valence-electron chi connectivity index (χ2n) is 5.31. The smallest absolute Gasteiger partial charge is 0.0702 e. The number of likely N-dealkylation sites (N-methyl/N-ethyl adjacent to an activating group) is 1. The molecule has 1 rings (SSSR count). The maximum absolute atomic E-state index is 5.88. The van der Waals surface area contributed by atoms with Crippen LogP contribution in [-0.4, -0.2) is 43.8 Å². The van der Waals surface area contributed by atoms with Crippen LogP contribution < -0.4 is 5.73 Å². The Kier molecular flexibility index (Phi) is 7.82.